The molecule has 1 fully saturated rings. The largest absolute Gasteiger partial charge is 0.361 e. The molecule has 160 valence electrons. The first-order valence-electron chi connectivity index (χ1n) is 10.9. The van der Waals surface area contributed by atoms with Crippen LogP contribution < -0.4 is 5.32 Å². The molecule has 1 saturated heterocycles. The molecule has 8 nitrogen and oxygen atoms in total. The lowest BCUT2D eigenvalue weighted by molar-refractivity contribution is 0.144. The molecule has 3 aromatic heterocycles. The standard InChI is InChI=1S/C23H28N8/c1-30-13-9-23(10-14-30,22-27-28-29-31(22)17-18-5-4-11-24-15-18)26-12-8-19-16-25-21-7-3-2-6-20(19)21/h2-7,11,15-16,25-26H,8-10,12-14,17H2,1H3. The van der Waals surface area contributed by atoms with Gasteiger partial charge >= 0.3 is 0 Å². The van der Waals surface area contributed by atoms with Crippen LogP contribution in [0.1, 0.15) is 29.8 Å². The Morgan fingerprint density at radius 3 is 2.84 bits per heavy atom. The van der Waals surface area contributed by atoms with Gasteiger partial charge in [-0.1, -0.05) is 24.3 Å². The molecule has 1 aliphatic heterocycles. The molecule has 0 amide bonds. The highest BCUT2D eigenvalue weighted by Crippen LogP contribution is 2.31. The van der Waals surface area contributed by atoms with Crippen molar-refractivity contribution in [3.8, 4) is 0 Å². The lowest BCUT2D eigenvalue weighted by Gasteiger charge is -2.40. The Hall–Kier alpha value is -3.10. The second kappa shape index (κ2) is 8.56. The van der Waals surface area contributed by atoms with Crippen LogP contribution in [0.2, 0.25) is 0 Å². The highest BCUT2D eigenvalue weighted by Gasteiger charge is 2.39. The highest BCUT2D eigenvalue weighted by molar-refractivity contribution is 5.83. The molecule has 0 saturated carbocycles. The minimum absolute atomic E-state index is 0.232. The van der Waals surface area contributed by atoms with Crippen molar-refractivity contribution in [2.24, 2.45) is 0 Å². The molecule has 4 aromatic rings. The lowest BCUT2D eigenvalue weighted by atomic mass is 9.86. The zero-order chi connectivity index (χ0) is 21.1. The molecule has 1 aliphatic rings. The molecular formula is C23H28N8. The third-order valence-electron chi connectivity index (χ3n) is 6.39. The van der Waals surface area contributed by atoms with E-state index >= 15 is 0 Å². The maximum absolute atomic E-state index is 4.49. The number of benzene rings is 1. The van der Waals surface area contributed by atoms with E-state index in [4.69, 9.17) is 0 Å². The van der Waals surface area contributed by atoms with Gasteiger partial charge in [-0.3, -0.25) is 4.98 Å². The summed E-state index contributed by atoms with van der Waals surface area (Å²) < 4.78 is 1.93. The number of rotatable bonds is 7. The van der Waals surface area contributed by atoms with Gasteiger partial charge in [-0.15, -0.1) is 5.10 Å². The zero-order valence-corrected chi connectivity index (χ0v) is 17.8. The Morgan fingerprint density at radius 1 is 1.13 bits per heavy atom. The van der Waals surface area contributed by atoms with Crippen LogP contribution in [0, 0.1) is 0 Å². The Morgan fingerprint density at radius 2 is 2.00 bits per heavy atom. The summed E-state index contributed by atoms with van der Waals surface area (Å²) in [5.74, 6) is 0.920. The van der Waals surface area contributed by atoms with Crippen molar-refractivity contribution in [1.82, 2.24) is 40.4 Å². The van der Waals surface area contributed by atoms with E-state index in [1.807, 2.05) is 16.9 Å². The number of aromatic amines is 1. The number of nitrogens with zero attached hydrogens (tertiary/aromatic N) is 6. The third kappa shape index (κ3) is 4.08. The van der Waals surface area contributed by atoms with Gasteiger partial charge in [0.1, 0.15) is 0 Å². The number of hydrogen-bond acceptors (Lipinski definition) is 6. The molecule has 0 unspecified atom stereocenters. The van der Waals surface area contributed by atoms with Crippen LogP contribution in [-0.4, -0.2) is 61.8 Å². The predicted molar refractivity (Wildman–Crippen MR) is 120 cm³/mol. The molecule has 5 rings (SSSR count). The van der Waals surface area contributed by atoms with Gasteiger partial charge in [0, 0.05) is 49.1 Å². The van der Waals surface area contributed by atoms with Crippen molar-refractivity contribution in [3.05, 3.63) is 71.9 Å². The number of likely N-dealkylation sites (tertiary alicyclic amines) is 1. The van der Waals surface area contributed by atoms with Crippen molar-refractivity contribution >= 4 is 10.9 Å². The van der Waals surface area contributed by atoms with Gasteiger partial charge < -0.3 is 15.2 Å². The summed E-state index contributed by atoms with van der Waals surface area (Å²) in [5, 5.41) is 18.0. The molecule has 8 heteroatoms. The summed E-state index contributed by atoms with van der Waals surface area (Å²) in [5.41, 5.74) is 3.38. The van der Waals surface area contributed by atoms with Gasteiger partial charge in [0.2, 0.25) is 0 Å². The predicted octanol–water partition coefficient (Wildman–Crippen LogP) is 2.35. The summed E-state index contributed by atoms with van der Waals surface area (Å²) in [6.07, 6.45) is 8.69. The average Bonchev–Trinajstić information content (AvgIpc) is 3.44. The van der Waals surface area contributed by atoms with Gasteiger partial charge in [-0.2, -0.15) is 0 Å². The van der Waals surface area contributed by atoms with Crippen LogP contribution in [-0.2, 0) is 18.5 Å². The van der Waals surface area contributed by atoms with Gasteiger partial charge in [0.05, 0.1) is 12.1 Å². The summed E-state index contributed by atoms with van der Waals surface area (Å²) in [4.78, 5) is 9.98. The van der Waals surface area contributed by atoms with Crippen molar-refractivity contribution in [1.29, 1.82) is 0 Å². The molecule has 0 spiro atoms. The lowest BCUT2D eigenvalue weighted by Crippen LogP contribution is -2.52. The highest BCUT2D eigenvalue weighted by atomic mass is 15.6. The van der Waals surface area contributed by atoms with Crippen molar-refractivity contribution < 1.29 is 0 Å². The zero-order valence-electron chi connectivity index (χ0n) is 17.8. The van der Waals surface area contributed by atoms with E-state index < -0.39 is 0 Å². The van der Waals surface area contributed by atoms with E-state index in [-0.39, 0.29) is 5.54 Å². The number of H-pyrrole nitrogens is 1. The Balaban J connectivity index is 1.37. The number of piperidine rings is 1. The minimum atomic E-state index is -0.232. The Labute approximate surface area is 181 Å². The van der Waals surface area contributed by atoms with E-state index in [2.05, 4.69) is 79.3 Å². The maximum atomic E-state index is 4.49. The quantitative estimate of drug-likeness (QED) is 0.481. The van der Waals surface area contributed by atoms with E-state index in [1.165, 1.54) is 16.5 Å². The van der Waals surface area contributed by atoms with Crippen LogP contribution in [0.25, 0.3) is 10.9 Å². The summed E-state index contributed by atoms with van der Waals surface area (Å²) in [6, 6.07) is 12.5. The Kier molecular flexibility index (Phi) is 5.48. The molecule has 31 heavy (non-hydrogen) atoms. The summed E-state index contributed by atoms with van der Waals surface area (Å²) in [7, 11) is 2.18. The number of aromatic nitrogens is 6. The van der Waals surface area contributed by atoms with Crippen LogP contribution >= 0.6 is 0 Å². The second-order valence-electron chi connectivity index (χ2n) is 8.44. The average molecular weight is 417 g/mol. The smallest absolute Gasteiger partial charge is 0.171 e. The SMILES string of the molecule is CN1CCC(NCCc2c[nH]c3ccccc23)(c2nnnn2Cc2cccnc2)CC1. The van der Waals surface area contributed by atoms with E-state index in [0.717, 1.165) is 50.3 Å². The first-order valence-corrected chi connectivity index (χ1v) is 10.9. The van der Waals surface area contributed by atoms with Crippen molar-refractivity contribution in [2.75, 3.05) is 26.7 Å². The van der Waals surface area contributed by atoms with Crippen molar-refractivity contribution in [3.63, 3.8) is 0 Å². The third-order valence-corrected chi connectivity index (χ3v) is 6.39. The molecule has 0 aliphatic carbocycles. The van der Waals surface area contributed by atoms with Gasteiger partial charge in [0.25, 0.3) is 0 Å². The normalized spacial score (nSPS) is 16.7. The van der Waals surface area contributed by atoms with Crippen LogP contribution in [0.4, 0.5) is 0 Å². The molecule has 1 aromatic carbocycles. The van der Waals surface area contributed by atoms with Crippen molar-refractivity contribution in [2.45, 2.75) is 31.3 Å². The summed E-state index contributed by atoms with van der Waals surface area (Å²) >= 11 is 0. The molecule has 0 bridgehead atoms. The fraction of sp³-hybridized carbons (Fsp3) is 0.391. The van der Waals surface area contributed by atoms with E-state index in [0.29, 0.717) is 6.54 Å². The first kappa shape index (κ1) is 19.8. The van der Waals surface area contributed by atoms with Crippen LogP contribution in [0.15, 0.2) is 55.0 Å². The number of pyridine rings is 1. The molecular weight excluding hydrogens is 388 g/mol. The van der Waals surface area contributed by atoms with Gasteiger partial charge in [-0.25, -0.2) is 4.68 Å². The van der Waals surface area contributed by atoms with E-state index in [9.17, 15) is 0 Å². The number of para-hydroxylation sites is 1. The van der Waals surface area contributed by atoms with E-state index in [1.54, 1.807) is 6.20 Å². The molecule has 0 radical (unpaired) electrons. The topological polar surface area (TPSA) is 87.5 Å². The number of nitrogens with one attached hydrogen (secondary N) is 2. The van der Waals surface area contributed by atoms with Gasteiger partial charge in [0.15, 0.2) is 5.82 Å². The Bertz CT molecular complexity index is 1120. The van der Waals surface area contributed by atoms with Crippen LogP contribution in [0.5, 0.6) is 0 Å². The number of fused-ring (bicyclic) bond motifs is 1. The maximum Gasteiger partial charge on any atom is 0.171 e. The number of hydrogen-bond donors (Lipinski definition) is 2. The molecule has 2 N–H and O–H groups in total. The van der Waals surface area contributed by atoms with Crippen LogP contribution in [0.3, 0.4) is 0 Å². The number of tetrazole rings is 1. The fourth-order valence-corrected chi connectivity index (χ4v) is 4.57. The molecule has 4 heterocycles. The monoisotopic (exact) mass is 416 g/mol. The fourth-order valence-electron chi connectivity index (χ4n) is 4.57. The second-order valence-corrected chi connectivity index (χ2v) is 8.44. The summed E-state index contributed by atoms with van der Waals surface area (Å²) in [6.45, 7) is 3.52. The minimum Gasteiger partial charge on any atom is -0.361 e. The first-order chi connectivity index (χ1) is 15.2. The molecule has 0 atom stereocenters. The van der Waals surface area contributed by atoms with Gasteiger partial charge in [-0.05, 0) is 60.0 Å².